The Balaban J connectivity index is 1.83. The molecule has 0 aliphatic heterocycles. The van der Waals surface area contributed by atoms with E-state index in [0.29, 0.717) is 11.4 Å². The van der Waals surface area contributed by atoms with Gasteiger partial charge in [0.2, 0.25) is 5.82 Å². The third-order valence-electron chi connectivity index (χ3n) is 3.59. The third-order valence-corrected chi connectivity index (χ3v) is 4.12. The molecule has 0 bridgehead atoms. The second-order valence-electron chi connectivity index (χ2n) is 5.35. The fourth-order valence-electron chi connectivity index (χ4n) is 2.17. The first-order valence-electron chi connectivity index (χ1n) is 7.21. The van der Waals surface area contributed by atoms with Crippen LogP contribution in [0.1, 0.15) is 28.9 Å². The molecule has 0 fully saturated rings. The lowest BCUT2D eigenvalue weighted by Crippen LogP contribution is -2.19. The average molecular weight is 371 g/mol. The molecule has 23 heavy (non-hydrogen) atoms. The zero-order chi connectivity index (χ0) is 16.4. The molecular weight excluding hydrogens is 356 g/mol. The maximum atomic E-state index is 12.5. The van der Waals surface area contributed by atoms with Gasteiger partial charge in [0, 0.05) is 15.6 Å². The van der Waals surface area contributed by atoms with Gasteiger partial charge in [-0.1, -0.05) is 57.9 Å². The molecule has 0 radical (unpaired) electrons. The van der Waals surface area contributed by atoms with E-state index in [0.717, 1.165) is 10.0 Å². The summed E-state index contributed by atoms with van der Waals surface area (Å²) in [6, 6.07) is 14.6. The van der Waals surface area contributed by atoms with E-state index in [-0.39, 0.29) is 5.78 Å². The highest BCUT2D eigenvalue weighted by Crippen LogP contribution is 2.18. The molecule has 0 saturated heterocycles. The van der Waals surface area contributed by atoms with E-state index in [1.165, 1.54) is 10.4 Å². The fourth-order valence-corrected chi connectivity index (χ4v) is 2.43. The number of hydrogen-bond donors (Lipinski definition) is 0. The summed E-state index contributed by atoms with van der Waals surface area (Å²) in [5.41, 5.74) is 2.67. The number of nitrogens with zero attached hydrogens (tertiary/aromatic N) is 4. The van der Waals surface area contributed by atoms with Gasteiger partial charge >= 0.3 is 0 Å². The number of halogens is 1. The molecule has 0 unspecified atom stereocenters. The van der Waals surface area contributed by atoms with E-state index in [1.54, 1.807) is 19.1 Å². The Morgan fingerprint density at radius 3 is 2.39 bits per heavy atom. The minimum Gasteiger partial charge on any atom is -0.292 e. The van der Waals surface area contributed by atoms with Crippen LogP contribution in [0.2, 0.25) is 0 Å². The number of rotatable bonds is 4. The number of aryl methyl sites for hydroxylation is 1. The molecule has 3 aromatic rings. The zero-order valence-electron chi connectivity index (χ0n) is 12.8. The Morgan fingerprint density at radius 1 is 1.09 bits per heavy atom. The summed E-state index contributed by atoms with van der Waals surface area (Å²) in [7, 11) is 0. The Labute approximate surface area is 142 Å². The number of aromatic nitrogens is 4. The maximum absolute atomic E-state index is 12.5. The Hall–Kier alpha value is -2.34. The first kappa shape index (κ1) is 15.6. The highest BCUT2D eigenvalue weighted by molar-refractivity contribution is 9.10. The SMILES string of the molecule is Cc1ccc(-c2nnn([C@@H](C)C(=O)c3ccc(Br)cc3)n2)cc1. The van der Waals surface area contributed by atoms with Gasteiger partial charge in [-0.05, 0) is 31.2 Å². The maximum Gasteiger partial charge on any atom is 0.204 e. The number of hydrogen-bond acceptors (Lipinski definition) is 4. The normalized spacial score (nSPS) is 12.1. The summed E-state index contributed by atoms with van der Waals surface area (Å²) in [6.45, 7) is 3.79. The summed E-state index contributed by atoms with van der Waals surface area (Å²) in [6.07, 6.45) is 0. The molecule has 0 saturated carbocycles. The molecule has 0 aliphatic carbocycles. The molecule has 6 heteroatoms. The first-order valence-corrected chi connectivity index (χ1v) is 8.00. The smallest absolute Gasteiger partial charge is 0.204 e. The van der Waals surface area contributed by atoms with E-state index in [9.17, 15) is 4.79 Å². The van der Waals surface area contributed by atoms with Gasteiger partial charge in [-0.2, -0.15) is 4.80 Å². The van der Waals surface area contributed by atoms with E-state index in [2.05, 4.69) is 31.3 Å². The van der Waals surface area contributed by atoms with Crippen molar-refractivity contribution in [2.45, 2.75) is 19.9 Å². The first-order chi connectivity index (χ1) is 11.0. The number of ketones is 1. The standard InChI is InChI=1S/C17H15BrN4O/c1-11-3-5-14(6-4-11)17-19-21-22(20-17)12(2)16(23)13-7-9-15(18)10-8-13/h3-10,12H,1-2H3/t12-/m0/s1. The lowest BCUT2D eigenvalue weighted by molar-refractivity contribution is 0.0918. The highest BCUT2D eigenvalue weighted by atomic mass is 79.9. The second-order valence-corrected chi connectivity index (χ2v) is 6.26. The van der Waals surface area contributed by atoms with Crippen LogP contribution in [0.5, 0.6) is 0 Å². The highest BCUT2D eigenvalue weighted by Gasteiger charge is 2.20. The summed E-state index contributed by atoms with van der Waals surface area (Å²) < 4.78 is 0.933. The number of Topliss-reactive ketones (excluding diaryl/α,β-unsaturated/α-hetero) is 1. The van der Waals surface area contributed by atoms with Gasteiger partial charge in [0.15, 0.2) is 5.78 Å². The quantitative estimate of drug-likeness (QED) is 0.654. The molecule has 1 heterocycles. The van der Waals surface area contributed by atoms with Crippen LogP contribution >= 0.6 is 15.9 Å². The monoisotopic (exact) mass is 370 g/mol. The van der Waals surface area contributed by atoms with Crippen LogP contribution in [-0.4, -0.2) is 26.0 Å². The molecule has 5 nitrogen and oxygen atoms in total. The predicted octanol–water partition coefficient (Wildman–Crippen LogP) is 3.85. The van der Waals surface area contributed by atoms with Gasteiger partial charge in [-0.3, -0.25) is 4.79 Å². The van der Waals surface area contributed by atoms with Crippen molar-refractivity contribution in [1.29, 1.82) is 0 Å². The van der Waals surface area contributed by atoms with Crippen LogP contribution in [0.4, 0.5) is 0 Å². The minimum absolute atomic E-state index is 0.0506. The van der Waals surface area contributed by atoms with Gasteiger partial charge in [0.05, 0.1) is 0 Å². The molecule has 1 atom stereocenters. The number of tetrazole rings is 1. The fraction of sp³-hybridized carbons (Fsp3) is 0.176. The van der Waals surface area contributed by atoms with Crippen molar-refractivity contribution < 1.29 is 4.79 Å². The number of carbonyl (C=O) groups is 1. The van der Waals surface area contributed by atoms with Crippen LogP contribution in [0.15, 0.2) is 53.0 Å². The summed E-state index contributed by atoms with van der Waals surface area (Å²) >= 11 is 3.36. The average Bonchev–Trinajstić information content (AvgIpc) is 3.05. The zero-order valence-corrected chi connectivity index (χ0v) is 14.4. The van der Waals surface area contributed by atoms with Crippen molar-refractivity contribution in [3.63, 3.8) is 0 Å². The van der Waals surface area contributed by atoms with Crippen molar-refractivity contribution in [3.05, 3.63) is 64.1 Å². The van der Waals surface area contributed by atoms with Gasteiger partial charge in [-0.25, -0.2) is 0 Å². The van der Waals surface area contributed by atoms with Crippen molar-refractivity contribution in [3.8, 4) is 11.4 Å². The Kier molecular flexibility index (Phi) is 4.34. The minimum atomic E-state index is -0.511. The largest absolute Gasteiger partial charge is 0.292 e. The molecule has 0 amide bonds. The number of benzene rings is 2. The van der Waals surface area contributed by atoms with E-state index < -0.39 is 6.04 Å². The molecule has 1 aromatic heterocycles. The molecular formula is C17H15BrN4O. The van der Waals surface area contributed by atoms with Crippen molar-refractivity contribution >= 4 is 21.7 Å². The molecule has 0 spiro atoms. The molecule has 116 valence electrons. The van der Waals surface area contributed by atoms with Crippen molar-refractivity contribution in [2.75, 3.05) is 0 Å². The van der Waals surface area contributed by atoms with Gasteiger partial charge < -0.3 is 0 Å². The van der Waals surface area contributed by atoms with Crippen LogP contribution in [0.25, 0.3) is 11.4 Å². The van der Waals surface area contributed by atoms with Crippen LogP contribution in [0.3, 0.4) is 0 Å². The van der Waals surface area contributed by atoms with Gasteiger partial charge in [0.25, 0.3) is 0 Å². The summed E-state index contributed by atoms with van der Waals surface area (Å²) in [5, 5.41) is 12.4. The van der Waals surface area contributed by atoms with Crippen LogP contribution < -0.4 is 0 Å². The lowest BCUT2D eigenvalue weighted by atomic mass is 10.1. The van der Waals surface area contributed by atoms with Crippen LogP contribution in [-0.2, 0) is 0 Å². The summed E-state index contributed by atoms with van der Waals surface area (Å²) in [4.78, 5) is 13.9. The molecule has 0 N–H and O–H groups in total. The molecule has 3 rings (SSSR count). The van der Waals surface area contributed by atoms with Crippen LogP contribution in [0, 0.1) is 6.92 Å². The molecule has 2 aromatic carbocycles. The number of carbonyl (C=O) groups excluding carboxylic acids is 1. The van der Waals surface area contributed by atoms with Crippen molar-refractivity contribution in [1.82, 2.24) is 20.2 Å². The van der Waals surface area contributed by atoms with E-state index in [4.69, 9.17) is 0 Å². The topological polar surface area (TPSA) is 60.7 Å². The van der Waals surface area contributed by atoms with E-state index in [1.807, 2.05) is 43.3 Å². The molecule has 0 aliphatic rings. The lowest BCUT2D eigenvalue weighted by Gasteiger charge is -2.08. The second kappa shape index (κ2) is 6.42. The summed E-state index contributed by atoms with van der Waals surface area (Å²) in [5.74, 6) is 0.464. The predicted molar refractivity (Wildman–Crippen MR) is 91.2 cm³/mol. The Morgan fingerprint density at radius 2 is 1.74 bits per heavy atom. The van der Waals surface area contributed by atoms with Gasteiger partial charge in [0.1, 0.15) is 6.04 Å². The van der Waals surface area contributed by atoms with Gasteiger partial charge in [-0.15, -0.1) is 10.2 Å². The third kappa shape index (κ3) is 3.37. The Bertz CT molecular complexity index is 825. The van der Waals surface area contributed by atoms with E-state index >= 15 is 0 Å². The van der Waals surface area contributed by atoms with Crippen molar-refractivity contribution in [2.24, 2.45) is 0 Å².